The topological polar surface area (TPSA) is 80.0 Å². The highest BCUT2D eigenvalue weighted by atomic mass is 35.5. The molecule has 1 heterocycles. The van der Waals surface area contributed by atoms with E-state index in [2.05, 4.69) is 65.3 Å². The zero-order valence-electron chi connectivity index (χ0n) is 24.1. The van der Waals surface area contributed by atoms with Gasteiger partial charge in [-0.3, -0.25) is 9.36 Å². The molecule has 0 aliphatic carbocycles. The maximum atomic E-state index is 12.5. The van der Waals surface area contributed by atoms with Crippen LogP contribution in [-0.4, -0.2) is 32.3 Å². The number of carbonyl (C=O) groups is 1. The molecule has 1 unspecified atom stereocenters. The lowest BCUT2D eigenvalue weighted by Crippen LogP contribution is -2.24. The lowest BCUT2D eigenvalue weighted by molar-refractivity contribution is 0.0950. The second-order valence-electron chi connectivity index (χ2n) is 10.5. The van der Waals surface area contributed by atoms with Crippen molar-refractivity contribution in [1.29, 1.82) is 0 Å². The van der Waals surface area contributed by atoms with Crippen LogP contribution in [0.25, 0.3) is 5.69 Å². The van der Waals surface area contributed by atoms with Crippen LogP contribution in [0.4, 0.5) is 0 Å². The van der Waals surface area contributed by atoms with Gasteiger partial charge in [0, 0.05) is 23.2 Å². The number of nitrogens with zero attached hydrogens (tertiary/aromatic N) is 3. The number of benzene rings is 4. The third-order valence-corrected chi connectivity index (χ3v) is 8.66. The van der Waals surface area contributed by atoms with E-state index in [-0.39, 0.29) is 23.1 Å². The first-order chi connectivity index (χ1) is 21.0. The molecule has 0 aliphatic heterocycles. The van der Waals surface area contributed by atoms with E-state index < -0.39 is 0 Å². The molecule has 5 aromatic rings. The van der Waals surface area contributed by atoms with E-state index in [1.807, 2.05) is 30.3 Å². The molecule has 4 aromatic carbocycles. The van der Waals surface area contributed by atoms with Crippen LogP contribution in [-0.2, 0) is 12.2 Å². The van der Waals surface area contributed by atoms with Gasteiger partial charge in [0.25, 0.3) is 5.91 Å². The summed E-state index contributed by atoms with van der Waals surface area (Å²) in [5, 5.41) is 23.9. The summed E-state index contributed by atoms with van der Waals surface area (Å²) < 4.78 is 2.16. The van der Waals surface area contributed by atoms with E-state index in [0.717, 1.165) is 48.1 Å². The first-order valence-corrected chi connectivity index (χ1v) is 15.8. The van der Waals surface area contributed by atoms with Crippen molar-refractivity contribution in [3.63, 3.8) is 0 Å². The number of hydrogen-bond donors (Lipinski definition) is 2. The average Bonchev–Trinajstić information content (AvgIpc) is 3.44. The van der Waals surface area contributed by atoms with E-state index in [9.17, 15) is 9.90 Å². The van der Waals surface area contributed by atoms with Gasteiger partial charge in [-0.05, 0) is 73.2 Å². The van der Waals surface area contributed by atoms with Crippen molar-refractivity contribution in [2.24, 2.45) is 0 Å². The van der Waals surface area contributed by atoms with Gasteiger partial charge >= 0.3 is 0 Å². The van der Waals surface area contributed by atoms with Crippen LogP contribution in [0.15, 0.2) is 108 Å². The van der Waals surface area contributed by atoms with Crippen LogP contribution in [0.5, 0.6) is 5.75 Å². The molecule has 0 saturated carbocycles. The van der Waals surface area contributed by atoms with Crippen LogP contribution in [0.2, 0.25) is 5.02 Å². The summed E-state index contributed by atoms with van der Waals surface area (Å²) in [6.45, 7) is 2.65. The van der Waals surface area contributed by atoms with Gasteiger partial charge in [0.05, 0.1) is 11.3 Å². The van der Waals surface area contributed by atoms with Crippen LogP contribution in [0, 0.1) is 6.92 Å². The summed E-state index contributed by atoms with van der Waals surface area (Å²) in [6, 6.07) is 33.3. The monoisotopic (exact) mass is 610 g/mol. The zero-order valence-corrected chi connectivity index (χ0v) is 25.7. The second kappa shape index (κ2) is 14.9. The number of unbranched alkanes of at least 4 members (excludes halogenated alkanes) is 1. The van der Waals surface area contributed by atoms with Gasteiger partial charge in [-0.25, -0.2) is 0 Å². The molecule has 2 N–H and O–H groups in total. The maximum absolute atomic E-state index is 12.5. The molecule has 220 valence electrons. The smallest absolute Gasteiger partial charge is 0.255 e. The number of aromatic hydroxyl groups is 1. The van der Waals surface area contributed by atoms with Crippen molar-refractivity contribution >= 4 is 29.3 Å². The lowest BCUT2D eigenvalue weighted by atomic mass is 9.93. The molecule has 6 nitrogen and oxygen atoms in total. The summed E-state index contributed by atoms with van der Waals surface area (Å²) >= 11 is 8.13. The number of aryl methyl sites for hydroxylation is 1. The molecule has 0 fully saturated rings. The van der Waals surface area contributed by atoms with Crippen LogP contribution >= 0.6 is 23.4 Å². The van der Waals surface area contributed by atoms with E-state index in [0.29, 0.717) is 11.6 Å². The van der Waals surface area contributed by atoms with E-state index in [1.54, 1.807) is 30.0 Å². The SMILES string of the molecule is Cc1ccccc1CSc1nnc(C(CCCCNC(=O)c2ccccc2O)Cc2ccccc2)n1-c1cccc(Cl)c1. The van der Waals surface area contributed by atoms with Gasteiger partial charge < -0.3 is 10.4 Å². The standard InChI is InChI=1S/C35H35ClN4O2S/c1-25-12-5-6-16-28(25)24-43-35-39-38-33(40(35)30-18-11-17-29(36)23-30)27(22-26-13-3-2-4-14-26)15-9-10-21-37-34(42)31-19-7-8-20-32(31)41/h2-8,11-14,16-20,23,27,41H,9-10,15,21-22,24H2,1H3,(H,37,42). The van der Waals surface area contributed by atoms with Crippen molar-refractivity contribution in [1.82, 2.24) is 20.1 Å². The fourth-order valence-corrected chi connectivity index (χ4v) is 6.33. The van der Waals surface area contributed by atoms with Crippen LogP contribution in [0.1, 0.15) is 58.1 Å². The van der Waals surface area contributed by atoms with E-state index >= 15 is 0 Å². The molecule has 1 aromatic heterocycles. The largest absolute Gasteiger partial charge is 0.507 e. The van der Waals surface area contributed by atoms with Gasteiger partial charge in [-0.15, -0.1) is 10.2 Å². The highest BCUT2D eigenvalue weighted by Gasteiger charge is 2.23. The summed E-state index contributed by atoms with van der Waals surface area (Å²) in [4.78, 5) is 12.5. The molecule has 0 bridgehead atoms. The Kier molecular flexibility index (Phi) is 10.5. The number of rotatable bonds is 13. The summed E-state index contributed by atoms with van der Waals surface area (Å²) in [5.74, 6) is 1.49. The number of aromatic nitrogens is 3. The molecular formula is C35H35ClN4O2S. The van der Waals surface area contributed by atoms with Crippen LogP contribution < -0.4 is 5.32 Å². The Balaban J connectivity index is 1.36. The molecule has 8 heteroatoms. The van der Waals surface area contributed by atoms with E-state index in [1.165, 1.54) is 22.8 Å². The Labute approximate surface area is 262 Å². The fraction of sp³-hybridized carbons (Fsp3) is 0.229. The third kappa shape index (κ3) is 8.06. The van der Waals surface area contributed by atoms with E-state index in [4.69, 9.17) is 21.8 Å². The van der Waals surface area contributed by atoms with Gasteiger partial charge in [-0.1, -0.05) is 103 Å². The molecular weight excluding hydrogens is 576 g/mol. The lowest BCUT2D eigenvalue weighted by Gasteiger charge is -2.19. The predicted molar refractivity (Wildman–Crippen MR) is 174 cm³/mol. The number of thioether (sulfide) groups is 1. The summed E-state index contributed by atoms with van der Waals surface area (Å²) in [5.41, 5.74) is 4.97. The van der Waals surface area contributed by atoms with Crippen molar-refractivity contribution in [2.75, 3.05) is 6.54 Å². The number of nitrogens with one attached hydrogen (secondary N) is 1. The Hall–Kier alpha value is -4.07. The number of carbonyl (C=O) groups excluding carboxylic acids is 1. The van der Waals surface area contributed by atoms with Crippen molar-refractivity contribution in [3.8, 4) is 11.4 Å². The first kappa shape index (κ1) is 30.4. The number of hydrogen-bond acceptors (Lipinski definition) is 5. The maximum Gasteiger partial charge on any atom is 0.255 e. The third-order valence-electron chi connectivity index (χ3n) is 7.45. The van der Waals surface area contributed by atoms with Crippen LogP contribution in [0.3, 0.4) is 0 Å². The average molecular weight is 611 g/mol. The number of halogens is 1. The molecule has 0 aliphatic rings. The quantitative estimate of drug-likeness (QED) is 0.104. The fourth-order valence-electron chi connectivity index (χ4n) is 5.11. The number of para-hydroxylation sites is 1. The summed E-state index contributed by atoms with van der Waals surface area (Å²) in [7, 11) is 0. The molecule has 1 atom stereocenters. The molecule has 0 saturated heterocycles. The van der Waals surface area contributed by atoms with Gasteiger partial charge in [0.15, 0.2) is 5.16 Å². The van der Waals surface area contributed by atoms with Crippen molar-refractivity contribution in [3.05, 3.63) is 136 Å². The minimum atomic E-state index is -0.269. The van der Waals surface area contributed by atoms with Gasteiger partial charge in [0.1, 0.15) is 11.6 Å². The first-order valence-electron chi connectivity index (χ1n) is 14.5. The Morgan fingerprint density at radius 1 is 0.930 bits per heavy atom. The van der Waals surface area contributed by atoms with Gasteiger partial charge in [-0.2, -0.15) is 0 Å². The second-order valence-corrected chi connectivity index (χ2v) is 11.9. The Bertz CT molecular complexity index is 1660. The molecule has 43 heavy (non-hydrogen) atoms. The minimum Gasteiger partial charge on any atom is -0.507 e. The highest BCUT2D eigenvalue weighted by Crippen LogP contribution is 2.33. The predicted octanol–water partition coefficient (Wildman–Crippen LogP) is 8.15. The molecule has 5 rings (SSSR count). The van der Waals surface area contributed by atoms with Crippen molar-refractivity contribution in [2.45, 2.75) is 49.4 Å². The minimum absolute atomic E-state index is 0.0145. The van der Waals surface area contributed by atoms with Crippen molar-refractivity contribution < 1.29 is 9.90 Å². The molecule has 0 radical (unpaired) electrons. The zero-order chi connectivity index (χ0) is 30.0. The number of phenols is 1. The Morgan fingerprint density at radius 2 is 1.70 bits per heavy atom. The summed E-state index contributed by atoms with van der Waals surface area (Å²) in [6.07, 6.45) is 3.35. The number of phenolic OH excluding ortho intramolecular Hbond substituents is 1. The molecule has 1 amide bonds. The number of amides is 1. The normalized spacial score (nSPS) is 11.8. The molecule has 0 spiro atoms. The highest BCUT2D eigenvalue weighted by molar-refractivity contribution is 7.98. The van der Waals surface area contributed by atoms with Gasteiger partial charge in [0.2, 0.25) is 0 Å². The Morgan fingerprint density at radius 3 is 2.49 bits per heavy atom.